The van der Waals surface area contributed by atoms with Crippen molar-refractivity contribution in [3.8, 4) is 11.8 Å². The zero-order valence-electron chi connectivity index (χ0n) is 24.7. The molecule has 4 rings (SSSR count). The lowest BCUT2D eigenvalue weighted by molar-refractivity contribution is 0.0976. The van der Waals surface area contributed by atoms with E-state index in [2.05, 4.69) is 58.3 Å². The van der Waals surface area contributed by atoms with Crippen molar-refractivity contribution in [2.75, 3.05) is 13.1 Å². The van der Waals surface area contributed by atoms with Crippen molar-refractivity contribution in [3.63, 3.8) is 0 Å². The summed E-state index contributed by atoms with van der Waals surface area (Å²) in [6.45, 7) is 6.91. The van der Waals surface area contributed by atoms with Gasteiger partial charge in [0, 0.05) is 41.3 Å². The highest BCUT2D eigenvalue weighted by Crippen LogP contribution is 2.28. The topological polar surface area (TPSA) is 92.3 Å². The van der Waals surface area contributed by atoms with Crippen molar-refractivity contribution in [3.05, 3.63) is 116 Å². The van der Waals surface area contributed by atoms with Crippen LogP contribution in [-0.4, -0.2) is 36.2 Å². The second kappa shape index (κ2) is 14.8. The van der Waals surface area contributed by atoms with Crippen LogP contribution in [-0.2, 0) is 6.42 Å². The molecule has 7 heteroatoms. The molecule has 0 bridgehead atoms. The SMILES string of the molecule is CCCC#CCNC1=CC(=O)c2ccc(C/C(C)=C/CC/C(C)=C/CNC3=C(Br)C(=O)c4ccccc4C3=O)cc2C1=O. The fraction of sp³-hybridized carbons (Fsp3) is 0.278. The number of hydrogen-bond donors (Lipinski definition) is 2. The number of Topliss-reactive ketones (excluding diaryl/α,β-unsaturated/α-hetero) is 3. The lowest BCUT2D eigenvalue weighted by Gasteiger charge is -2.18. The predicted octanol–water partition coefficient (Wildman–Crippen LogP) is 6.83. The van der Waals surface area contributed by atoms with Crippen molar-refractivity contribution in [2.24, 2.45) is 0 Å². The summed E-state index contributed by atoms with van der Waals surface area (Å²) in [5.74, 6) is 5.26. The quantitative estimate of drug-likeness (QED) is 0.207. The van der Waals surface area contributed by atoms with Gasteiger partial charge in [0.2, 0.25) is 17.3 Å². The minimum absolute atomic E-state index is 0.179. The van der Waals surface area contributed by atoms with E-state index in [9.17, 15) is 19.2 Å². The third-order valence-electron chi connectivity index (χ3n) is 7.29. The average Bonchev–Trinajstić information content (AvgIpc) is 3.00. The molecule has 0 heterocycles. The lowest BCUT2D eigenvalue weighted by atomic mass is 9.89. The fourth-order valence-corrected chi connectivity index (χ4v) is 5.48. The number of hydrogen-bond acceptors (Lipinski definition) is 6. The van der Waals surface area contributed by atoms with Crippen molar-refractivity contribution < 1.29 is 19.2 Å². The summed E-state index contributed by atoms with van der Waals surface area (Å²) in [5, 5.41) is 6.12. The van der Waals surface area contributed by atoms with Crippen molar-refractivity contribution >= 4 is 39.1 Å². The molecule has 220 valence electrons. The Kier molecular flexibility index (Phi) is 10.9. The van der Waals surface area contributed by atoms with Crippen LogP contribution in [0.4, 0.5) is 0 Å². The van der Waals surface area contributed by atoms with Crippen LogP contribution < -0.4 is 10.6 Å². The van der Waals surface area contributed by atoms with E-state index in [1.54, 1.807) is 30.3 Å². The van der Waals surface area contributed by atoms with Gasteiger partial charge in [-0.05, 0) is 67.1 Å². The Hall–Kier alpha value is -4.28. The number of rotatable bonds is 11. The monoisotopic (exact) mass is 638 g/mol. The van der Waals surface area contributed by atoms with Crippen LogP contribution in [0.2, 0.25) is 0 Å². The Morgan fingerprint density at radius 1 is 0.837 bits per heavy atom. The summed E-state index contributed by atoms with van der Waals surface area (Å²) in [6, 6.07) is 12.3. The van der Waals surface area contributed by atoms with E-state index in [4.69, 9.17) is 0 Å². The van der Waals surface area contributed by atoms with Gasteiger partial charge in [0.1, 0.15) is 5.70 Å². The summed E-state index contributed by atoms with van der Waals surface area (Å²) < 4.78 is 0.259. The highest BCUT2D eigenvalue weighted by molar-refractivity contribution is 9.12. The van der Waals surface area contributed by atoms with E-state index in [0.717, 1.165) is 36.8 Å². The Bertz CT molecular complexity index is 1660. The van der Waals surface area contributed by atoms with Crippen molar-refractivity contribution in [2.45, 2.75) is 52.9 Å². The van der Waals surface area contributed by atoms with E-state index in [-0.39, 0.29) is 39.0 Å². The minimum Gasteiger partial charge on any atom is -0.377 e. The zero-order chi connectivity index (χ0) is 30.9. The first-order chi connectivity index (χ1) is 20.7. The van der Waals surface area contributed by atoms with Crippen molar-refractivity contribution in [1.82, 2.24) is 10.6 Å². The van der Waals surface area contributed by atoms with E-state index in [0.29, 0.717) is 41.8 Å². The highest BCUT2D eigenvalue weighted by Gasteiger charge is 2.30. The van der Waals surface area contributed by atoms with Gasteiger partial charge in [-0.3, -0.25) is 19.2 Å². The van der Waals surface area contributed by atoms with Gasteiger partial charge in [-0.2, -0.15) is 0 Å². The van der Waals surface area contributed by atoms with Gasteiger partial charge >= 0.3 is 0 Å². The first kappa shape index (κ1) is 31.7. The molecule has 2 aromatic rings. The number of benzene rings is 2. The molecule has 0 spiro atoms. The summed E-state index contributed by atoms with van der Waals surface area (Å²) in [7, 11) is 0. The van der Waals surface area contributed by atoms with Crippen molar-refractivity contribution in [1.29, 1.82) is 0 Å². The number of fused-ring (bicyclic) bond motifs is 2. The number of unbranched alkanes of at least 4 members (excludes halogenated alkanes) is 1. The smallest absolute Gasteiger partial charge is 0.210 e. The summed E-state index contributed by atoms with van der Waals surface area (Å²) >= 11 is 3.30. The molecular formula is C36H35BrN2O4. The number of ketones is 4. The average molecular weight is 640 g/mol. The molecule has 43 heavy (non-hydrogen) atoms. The highest BCUT2D eigenvalue weighted by atomic mass is 79.9. The van der Waals surface area contributed by atoms with Crippen LogP contribution in [0.25, 0.3) is 0 Å². The minimum atomic E-state index is -0.199. The van der Waals surface area contributed by atoms with Gasteiger partial charge < -0.3 is 10.6 Å². The van der Waals surface area contributed by atoms with E-state index in [1.807, 2.05) is 25.1 Å². The number of allylic oxidation sites excluding steroid dienone is 7. The molecule has 0 aromatic heterocycles. The van der Waals surface area contributed by atoms with Crippen LogP contribution in [0.5, 0.6) is 0 Å². The van der Waals surface area contributed by atoms with Crippen LogP contribution in [0, 0.1) is 11.8 Å². The summed E-state index contributed by atoms with van der Waals surface area (Å²) in [5.41, 5.74) is 5.56. The molecule has 0 amide bonds. The maximum atomic E-state index is 13.1. The molecule has 2 aliphatic rings. The predicted molar refractivity (Wildman–Crippen MR) is 173 cm³/mol. The second-order valence-electron chi connectivity index (χ2n) is 10.7. The van der Waals surface area contributed by atoms with Crippen LogP contribution >= 0.6 is 15.9 Å². The number of carbonyl (C=O) groups is 4. The molecule has 0 saturated heterocycles. The standard InChI is InChI=1S/C36H35BrN2O4/c1-4-5-6-9-18-38-30-22-31(40)26-16-15-25(21-29(26)34(30)41)20-24(3)12-10-11-23(2)17-19-39-33-32(37)35(42)27-13-7-8-14-28(27)36(33)43/h7-8,12-17,21-22,38-39H,4-5,10-11,18-20H2,1-3H3/b23-17+,24-12+. The molecule has 2 aromatic carbocycles. The molecule has 0 unspecified atom stereocenters. The Labute approximate surface area is 261 Å². The third-order valence-corrected chi connectivity index (χ3v) is 8.04. The van der Waals surface area contributed by atoms with E-state index >= 15 is 0 Å². The molecular weight excluding hydrogens is 604 g/mol. The molecule has 2 N–H and O–H groups in total. The van der Waals surface area contributed by atoms with Gasteiger partial charge in [-0.15, -0.1) is 5.92 Å². The fourth-order valence-electron chi connectivity index (χ4n) is 4.94. The van der Waals surface area contributed by atoms with Crippen LogP contribution in [0.15, 0.2) is 87.7 Å². The van der Waals surface area contributed by atoms with E-state index in [1.165, 1.54) is 11.6 Å². The van der Waals surface area contributed by atoms with Gasteiger partial charge in [0.15, 0.2) is 5.78 Å². The maximum absolute atomic E-state index is 13.1. The molecule has 0 atom stereocenters. The van der Waals surface area contributed by atoms with Crippen LogP contribution in [0.3, 0.4) is 0 Å². The summed E-state index contributed by atoms with van der Waals surface area (Å²) in [6.07, 6.45) is 9.70. The summed E-state index contributed by atoms with van der Waals surface area (Å²) in [4.78, 5) is 51.2. The zero-order valence-corrected chi connectivity index (χ0v) is 26.3. The Morgan fingerprint density at radius 3 is 2.33 bits per heavy atom. The van der Waals surface area contributed by atoms with Gasteiger partial charge in [0.25, 0.3) is 0 Å². The second-order valence-corrected chi connectivity index (χ2v) is 11.5. The van der Waals surface area contributed by atoms with Gasteiger partial charge in [-0.25, -0.2) is 0 Å². The molecule has 0 radical (unpaired) electrons. The molecule has 0 fully saturated rings. The van der Waals surface area contributed by atoms with Gasteiger partial charge in [0.05, 0.1) is 16.7 Å². The molecule has 2 aliphatic carbocycles. The Morgan fingerprint density at radius 2 is 1.58 bits per heavy atom. The lowest BCUT2D eigenvalue weighted by Crippen LogP contribution is -2.29. The first-order valence-electron chi connectivity index (χ1n) is 14.5. The largest absolute Gasteiger partial charge is 0.377 e. The molecule has 6 nitrogen and oxygen atoms in total. The normalized spacial score (nSPS) is 15.0. The van der Waals surface area contributed by atoms with Gasteiger partial charge in [-0.1, -0.05) is 72.5 Å². The number of carbonyl (C=O) groups excluding carboxylic acids is 4. The molecule has 0 aliphatic heterocycles. The number of halogens is 1. The van der Waals surface area contributed by atoms with E-state index < -0.39 is 0 Å². The number of nitrogens with one attached hydrogen (secondary N) is 2. The third kappa shape index (κ3) is 7.77. The molecule has 0 saturated carbocycles. The first-order valence-corrected chi connectivity index (χ1v) is 15.3. The Balaban J connectivity index is 1.30. The van der Waals surface area contributed by atoms with Crippen LogP contribution in [0.1, 0.15) is 93.4 Å². The maximum Gasteiger partial charge on any atom is 0.210 e.